The zero-order valence-electron chi connectivity index (χ0n) is 16.4. The van der Waals surface area contributed by atoms with Crippen molar-refractivity contribution in [1.82, 2.24) is 10.2 Å². The van der Waals surface area contributed by atoms with Gasteiger partial charge in [0.1, 0.15) is 6.10 Å². The number of methoxy groups -OCH3 is 1. The van der Waals surface area contributed by atoms with Gasteiger partial charge in [0.15, 0.2) is 5.96 Å². The SMILES string of the molecule is CN=C(NCc1ccc(COC)cc1)N1CCOC(c2ccccc2C)C1. The van der Waals surface area contributed by atoms with E-state index in [1.54, 1.807) is 7.11 Å². The Hall–Kier alpha value is -2.37. The molecule has 5 heteroatoms. The summed E-state index contributed by atoms with van der Waals surface area (Å²) in [5.74, 6) is 0.915. The zero-order chi connectivity index (χ0) is 19.1. The lowest BCUT2D eigenvalue weighted by atomic mass is 10.0. The number of nitrogens with zero attached hydrogens (tertiary/aromatic N) is 2. The minimum atomic E-state index is 0.0758. The summed E-state index contributed by atoms with van der Waals surface area (Å²) >= 11 is 0. The van der Waals surface area contributed by atoms with E-state index >= 15 is 0 Å². The second-order valence-electron chi connectivity index (χ2n) is 6.81. The van der Waals surface area contributed by atoms with Crippen LogP contribution in [-0.4, -0.2) is 44.7 Å². The molecule has 2 aromatic rings. The van der Waals surface area contributed by atoms with Crippen molar-refractivity contribution in [1.29, 1.82) is 0 Å². The first-order valence-electron chi connectivity index (χ1n) is 9.40. The van der Waals surface area contributed by atoms with Gasteiger partial charge in [0, 0.05) is 27.2 Å². The quantitative estimate of drug-likeness (QED) is 0.651. The molecule has 1 N–H and O–H groups in total. The smallest absolute Gasteiger partial charge is 0.194 e. The second kappa shape index (κ2) is 9.53. The number of hydrogen-bond acceptors (Lipinski definition) is 3. The van der Waals surface area contributed by atoms with Gasteiger partial charge in [0.2, 0.25) is 0 Å². The van der Waals surface area contributed by atoms with Crippen LogP contribution in [0.2, 0.25) is 0 Å². The van der Waals surface area contributed by atoms with E-state index in [2.05, 4.69) is 70.7 Å². The van der Waals surface area contributed by atoms with Crippen LogP contribution in [0, 0.1) is 6.92 Å². The monoisotopic (exact) mass is 367 g/mol. The molecule has 1 atom stereocenters. The maximum Gasteiger partial charge on any atom is 0.194 e. The number of ether oxygens (including phenoxy) is 2. The minimum Gasteiger partial charge on any atom is -0.380 e. The summed E-state index contributed by atoms with van der Waals surface area (Å²) in [6, 6.07) is 16.9. The minimum absolute atomic E-state index is 0.0758. The fraction of sp³-hybridized carbons (Fsp3) is 0.409. The van der Waals surface area contributed by atoms with Gasteiger partial charge in [0.25, 0.3) is 0 Å². The molecule has 0 radical (unpaired) electrons. The van der Waals surface area contributed by atoms with Crippen molar-refractivity contribution in [2.45, 2.75) is 26.2 Å². The van der Waals surface area contributed by atoms with E-state index in [4.69, 9.17) is 9.47 Å². The molecule has 144 valence electrons. The van der Waals surface area contributed by atoms with Gasteiger partial charge in [-0.25, -0.2) is 0 Å². The molecule has 3 rings (SSSR count). The lowest BCUT2D eigenvalue weighted by Gasteiger charge is -2.35. The molecule has 5 nitrogen and oxygen atoms in total. The molecule has 1 saturated heterocycles. The highest BCUT2D eigenvalue weighted by Crippen LogP contribution is 2.25. The molecule has 0 amide bonds. The molecule has 2 aromatic carbocycles. The number of morpholine rings is 1. The number of benzene rings is 2. The second-order valence-corrected chi connectivity index (χ2v) is 6.81. The van der Waals surface area contributed by atoms with Crippen molar-refractivity contribution < 1.29 is 9.47 Å². The van der Waals surface area contributed by atoms with E-state index in [1.807, 2.05) is 7.05 Å². The molecule has 1 aliphatic rings. The third kappa shape index (κ3) is 5.08. The molecule has 1 unspecified atom stereocenters. The van der Waals surface area contributed by atoms with E-state index < -0.39 is 0 Å². The molecule has 1 aliphatic heterocycles. The molecule has 0 aromatic heterocycles. The first kappa shape index (κ1) is 19.4. The van der Waals surface area contributed by atoms with Crippen molar-refractivity contribution >= 4 is 5.96 Å². The maximum absolute atomic E-state index is 6.03. The summed E-state index contributed by atoms with van der Waals surface area (Å²) in [6.07, 6.45) is 0.0758. The highest BCUT2D eigenvalue weighted by molar-refractivity contribution is 5.80. The first-order valence-corrected chi connectivity index (χ1v) is 9.40. The Kier molecular flexibility index (Phi) is 6.85. The maximum atomic E-state index is 6.03. The van der Waals surface area contributed by atoms with Gasteiger partial charge in [-0.15, -0.1) is 0 Å². The van der Waals surface area contributed by atoms with Gasteiger partial charge in [-0.2, -0.15) is 0 Å². The standard InChI is InChI=1S/C22H29N3O2/c1-17-6-4-5-7-20(17)21-15-25(12-13-27-21)22(23-2)24-14-18-8-10-19(11-9-18)16-26-3/h4-11,21H,12-16H2,1-3H3,(H,23,24). The fourth-order valence-corrected chi connectivity index (χ4v) is 3.41. The summed E-state index contributed by atoms with van der Waals surface area (Å²) in [5, 5.41) is 3.48. The summed E-state index contributed by atoms with van der Waals surface area (Å²) in [7, 11) is 3.55. The summed E-state index contributed by atoms with van der Waals surface area (Å²) in [6.45, 7) is 5.87. The average Bonchev–Trinajstić information content (AvgIpc) is 2.70. The predicted molar refractivity (Wildman–Crippen MR) is 109 cm³/mol. The lowest BCUT2D eigenvalue weighted by molar-refractivity contribution is -0.00833. The summed E-state index contributed by atoms with van der Waals surface area (Å²) < 4.78 is 11.2. The Morgan fingerprint density at radius 3 is 2.63 bits per heavy atom. The van der Waals surface area contributed by atoms with Gasteiger partial charge in [-0.1, -0.05) is 48.5 Å². The molecular formula is C22H29N3O2. The lowest BCUT2D eigenvalue weighted by Crippen LogP contribution is -2.48. The number of aliphatic imine (C=N–C) groups is 1. The molecule has 0 bridgehead atoms. The fourth-order valence-electron chi connectivity index (χ4n) is 3.41. The third-order valence-electron chi connectivity index (χ3n) is 4.90. The van der Waals surface area contributed by atoms with Crippen LogP contribution < -0.4 is 5.32 Å². The van der Waals surface area contributed by atoms with Crippen LogP contribution in [0.15, 0.2) is 53.5 Å². The van der Waals surface area contributed by atoms with Crippen LogP contribution in [0.5, 0.6) is 0 Å². The van der Waals surface area contributed by atoms with Crippen LogP contribution in [0.4, 0.5) is 0 Å². The number of aryl methyl sites for hydroxylation is 1. The van der Waals surface area contributed by atoms with E-state index in [0.29, 0.717) is 13.2 Å². The van der Waals surface area contributed by atoms with Crippen LogP contribution in [-0.2, 0) is 22.6 Å². The summed E-state index contributed by atoms with van der Waals surface area (Å²) in [4.78, 5) is 6.76. The third-order valence-corrected chi connectivity index (χ3v) is 4.90. The topological polar surface area (TPSA) is 46.1 Å². The van der Waals surface area contributed by atoms with E-state index in [-0.39, 0.29) is 6.10 Å². The van der Waals surface area contributed by atoms with E-state index in [1.165, 1.54) is 22.3 Å². The molecule has 1 heterocycles. The molecule has 0 saturated carbocycles. The first-order chi connectivity index (χ1) is 13.2. The van der Waals surface area contributed by atoms with Crippen molar-refractivity contribution in [3.63, 3.8) is 0 Å². The molecule has 27 heavy (non-hydrogen) atoms. The largest absolute Gasteiger partial charge is 0.380 e. The molecular weight excluding hydrogens is 338 g/mol. The summed E-state index contributed by atoms with van der Waals surface area (Å²) in [5.41, 5.74) is 4.93. The van der Waals surface area contributed by atoms with Crippen molar-refractivity contribution in [2.24, 2.45) is 4.99 Å². The van der Waals surface area contributed by atoms with Crippen molar-refractivity contribution in [2.75, 3.05) is 33.9 Å². The number of rotatable bonds is 5. The van der Waals surface area contributed by atoms with Crippen LogP contribution in [0.3, 0.4) is 0 Å². The predicted octanol–water partition coefficient (Wildman–Crippen LogP) is 3.29. The highest BCUT2D eigenvalue weighted by atomic mass is 16.5. The van der Waals surface area contributed by atoms with Crippen LogP contribution >= 0.6 is 0 Å². The zero-order valence-corrected chi connectivity index (χ0v) is 16.4. The van der Waals surface area contributed by atoms with Crippen molar-refractivity contribution in [3.8, 4) is 0 Å². The number of nitrogens with one attached hydrogen (secondary N) is 1. The Morgan fingerprint density at radius 2 is 1.93 bits per heavy atom. The Labute approximate surface area is 162 Å². The normalized spacial score (nSPS) is 17.8. The van der Waals surface area contributed by atoms with E-state index in [9.17, 15) is 0 Å². The van der Waals surface area contributed by atoms with Gasteiger partial charge in [-0.3, -0.25) is 4.99 Å². The Balaban J connectivity index is 1.60. The van der Waals surface area contributed by atoms with E-state index in [0.717, 1.165) is 25.6 Å². The Bertz CT molecular complexity index is 758. The van der Waals surface area contributed by atoms with Crippen LogP contribution in [0.25, 0.3) is 0 Å². The highest BCUT2D eigenvalue weighted by Gasteiger charge is 2.25. The van der Waals surface area contributed by atoms with Gasteiger partial charge >= 0.3 is 0 Å². The van der Waals surface area contributed by atoms with Crippen LogP contribution in [0.1, 0.15) is 28.4 Å². The number of hydrogen-bond donors (Lipinski definition) is 1. The van der Waals surface area contributed by atoms with Gasteiger partial charge < -0.3 is 19.7 Å². The Morgan fingerprint density at radius 1 is 1.19 bits per heavy atom. The molecule has 0 aliphatic carbocycles. The molecule has 1 fully saturated rings. The van der Waals surface area contributed by atoms with Gasteiger partial charge in [0.05, 0.1) is 19.8 Å². The number of guanidine groups is 1. The molecule has 0 spiro atoms. The average molecular weight is 367 g/mol. The van der Waals surface area contributed by atoms with Gasteiger partial charge in [-0.05, 0) is 29.2 Å². The van der Waals surface area contributed by atoms with Crippen molar-refractivity contribution in [3.05, 3.63) is 70.8 Å².